The molecule has 3 nitrogen and oxygen atoms in total. The molecule has 2 aromatic carbocycles. The van der Waals surface area contributed by atoms with E-state index < -0.39 is 0 Å². The van der Waals surface area contributed by atoms with Crippen LogP contribution in [-0.2, 0) is 0 Å². The van der Waals surface area contributed by atoms with Gasteiger partial charge in [-0.25, -0.2) is 4.39 Å². The SMILES string of the molecule is Cc1ccc2c(c1)[C@@H]1C[NH+](C)CC[C@@H]1N2C(=O)c1ccc(F)cc1. The Morgan fingerprint density at radius 3 is 2.71 bits per heavy atom. The van der Waals surface area contributed by atoms with Gasteiger partial charge in [0.25, 0.3) is 5.91 Å². The number of fused-ring (bicyclic) bond motifs is 3. The second-order valence-electron chi connectivity index (χ2n) is 7.12. The highest BCUT2D eigenvalue weighted by Crippen LogP contribution is 2.43. The van der Waals surface area contributed by atoms with Gasteiger partial charge in [0.15, 0.2) is 0 Å². The van der Waals surface area contributed by atoms with Crippen LogP contribution in [0.4, 0.5) is 10.1 Å². The van der Waals surface area contributed by atoms with E-state index >= 15 is 0 Å². The third kappa shape index (κ3) is 2.42. The normalized spacial score (nSPS) is 25.3. The summed E-state index contributed by atoms with van der Waals surface area (Å²) >= 11 is 0. The van der Waals surface area contributed by atoms with Crippen molar-refractivity contribution in [3.05, 3.63) is 65.0 Å². The summed E-state index contributed by atoms with van der Waals surface area (Å²) in [6, 6.07) is 12.5. The number of rotatable bonds is 1. The Kier molecular flexibility index (Phi) is 3.65. The molecule has 0 bridgehead atoms. The first-order valence-corrected chi connectivity index (χ1v) is 8.55. The second-order valence-corrected chi connectivity index (χ2v) is 7.12. The van der Waals surface area contributed by atoms with E-state index in [1.807, 2.05) is 4.90 Å². The predicted molar refractivity (Wildman–Crippen MR) is 92.2 cm³/mol. The summed E-state index contributed by atoms with van der Waals surface area (Å²) in [6.45, 7) is 4.22. The van der Waals surface area contributed by atoms with Gasteiger partial charge in [0.1, 0.15) is 5.82 Å². The lowest BCUT2D eigenvalue weighted by Gasteiger charge is -2.34. The molecule has 3 atom stereocenters. The Labute approximate surface area is 141 Å². The highest BCUT2D eigenvalue weighted by atomic mass is 19.1. The van der Waals surface area contributed by atoms with Crippen LogP contribution in [0.1, 0.15) is 33.8 Å². The van der Waals surface area contributed by atoms with Crippen molar-refractivity contribution >= 4 is 11.6 Å². The molecule has 1 amide bonds. The van der Waals surface area contributed by atoms with Gasteiger partial charge in [-0.05, 0) is 42.8 Å². The monoisotopic (exact) mass is 325 g/mol. The summed E-state index contributed by atoms with van der Waals surface area (Å²) in [5.74, 6) is 0.0509. The van der Waals surface area contributed by atoms with Gasteiger partial charge in [0.05, 0.1) is 32.1 Å². The van der Waals surface area contributed by atoms with Gasteiger partial charge in [0, 0.05) is 17.7 Å². The van der Waals surface area contributed by atoms with Gasteiger partial charge in [-0.15, -0.1) is 0 Å². The van der Waals surface area contributed by atoms with Crippen molar-refractivity contribution < 1.29 is 14.1 Å². The van der Waals surface area contributed by atoms with E-state index in [2.05, 4.69) is 32.2 Å². The third-order valence-electron chi connectivity index (χ3n) is 5.38. The molecule has 2 heterocycles. The summed E-state index contributed by atoms with van der Waals surface area (Å²) in [7, 11) is 2.22. The van der Waals surface area contributed by atoms with E-state index in [-0.39, 0.29) is 17.8 Å². The molecule has 4 heteroatoms. The zero-order chi connectivity index (χ0) is 16.8. The number of hydrogen-bond donors (Lipinski definition) is 1. The molecule has 24 heavy (non-hydrogen) atoms. The highest BCUT2D eigenvalue weighted by Gasteiger charge is 2.45. The maximum Gasteiger partial charge on any atom is 0.258 e. The van der Waals surface area contributed by atoms with E-state index in [0.717, 1.165) is 25.2 Å². The molecule has 1 fully saturated rings. The van der Waals surface area contributed by atoms with Crippen molar-refractivity contribution in [2.24, 2.45) is 0 Å². The van der Waals surface area contributed by atoms with Crippen LogP contribution in [-0.4, -0.2) is 32.1 Å². The number of quaternary nitrogens is 1. The number of aryl methyl sites for hydroxylation is 1. The summed E-state index contributed by atoms with van der Waals surface area (Å²) in [6.07, 6.45) is 0.997. The van der Waals surface area contributed by atoms with Crippen LogP contribution in [0.5, 0.6) is 0 Å². The van der Waals surface area contributed by atoms with Crippen molar-refractivity contribution in [3.63, 3.8) is 0 Å². The van der Waals surface area contributed by atoms with Crippen LogP contribution < -0.4 is 9.80 Å². The summed E-state index contributed by atoms with van der Waals surface area (Å²) in [5.41, 5.74) is 4.09. The fourth-order valence-corrected chi connectivity index (χ4v) is 4.20. The number of anilines is 1. The summed E-state index contributed by atoms with van der Waals surface area (Å²) in [5, 5.41) is 0. The van der Waals surface area contributed by atoms with Crippen molar-refractivity contribution in [1.29, 1.82) is 0 Å². The van der Waals surface area contributed by atoms with E-state index in [4.69, 9.17) is 0 Å². The van der Waals surface area contributed by atoms with Gasteiger partial charge in [0.2, 0.25) is 0 Å². The minimum atomic E-state index is -0.315. The number of nitrogens with one attached hydrogen (secondary N) is 1. The van der Waals surface area contributed by atoms with Crippen LogP contribution in [0.15, 0.2) is 42.5 Å². The Morgan fingerprint density at radius 2 is 1.96 bits per heavy atom. The molecule has 4 rings (SSSR count). The lowest BCUT2D eigenvalue weighted by Crippen LogP contribution is -3.11. The number of likely N-dealkylation sites (tertiary alicyclic amines) is 1. The fraction of sp³-hybridized carbons (Fsp3) is 0.350. The van der Waals surface area contributed by atoms with Gasteiger partial charge >= 0.3 is 0 Å². The highest BCUT2D eigenvalue weighted by molar-refractivity contribution is 6.08. The Balaban J connectivity index is 1.77. The number of nitrogens with zero attached hydrogens (tertiary/aromatic N) is 1. The number of halogens is 1. The molecule has 0 spiro atoms. The summed E-state index contributed by atoms with van der Waals surface area (Å²) in [4.78, 5) is 16.6. The van der Waals surface area contributed by atoms with Gasteiger partial charge in [-0.3, -0.25) is 4.79 Å². The number of likely N-dealkylation sites (N-methyl/N-ethyl adjacent to an activating group) is 1. The standard InChI is InChI=1S/C20H21FN2O/c1-13-3-8-18-16(11-13)17-12-22(2)10-9-19(17)23(18)20(24)14-4-6-15(21)7-5-14/h3-8,11,17,19H,9-10,12H2,1-2H3/p+1/t17-,19-/m0/s1. The maximum atomic E-state index is 13.2. The Hall–Kier alpha value is -2.20. The average Bonchev–Trinajstić information content (AvgIpc) is 2.88. The fourth-order valence-electron chi connectivity index (χ4n) is 4.20. The zero-order valence-corrected chi connectivity index (χ0v) is 14.1. The molecule has 124 valence electrons. The van der Waals surface area contributed by atoms with Gasteiger partial charge in [-0.1, -0.05) is 17.7 Å². The minimum Gasteiger partial charge on any atom is -0.337 e. The van der Waals surface area contributed by atoms with Crippen LogP contribution >= 0.6 is 0 Å². The second kappa shape index (κ2) is 5.71. The molecule has 2 aliphatic rings. The van der Waals surface area contributed by atoms with E-state index in [1.54, 1.807) is 12.1 Å². The molecule has 1 N–H and O–H groups in total. The van der Waals surface area contributed by atoms with Crippen molar-refractivity contribution in [1.82, 2.24) is 0 Å². The molecular weight excluding hydrogens is 303 g/mol. The first kappa shape index (κ1) is 15.3. The Morgan fingerprint density at radius 1 is 1.21 bits per heavy atom. The molecular formula is C20H22FN2O+. The summed E-state index contributed by atoms with van der Waals surface area (Å²) < 4.78 is 13.2. The number of carbonyl (C=O) groups excluding carboxylic acids is 1. The minimum absolute atomic E-state index is 0.0212. The van der Waals surface area contributed by atoms with E-state index in [1.165, 1.54) is 28.2 Å². The van der Waals surface area contributed by atoms with Crippen molar-refractivity contribution in [2.75, 3.05) is 25.0 Å². The maximum absolute atomic E-state index is 13.2. The molecule has 0 saturated carbocycles. The number of piperidine rings is 1. The number of hydrogen-bond acceptors (Lipinski definition) is 1. The smallest absolute Gasteiger partial charge is 0.258 e. The number of amides is 1. The zero-order valence-electron chi connectivity index (χ0n) is 14.1. The number of benzene rings is 2. The van der Waals surface area contributed by atoms with E-state index in [0.29, 0.717) is 11.5 Å². The van der Waals surface area contributed by atoms with Crippen LogP contribution in [0, 0.1) is 12.7 Å². The van der Waals surface area contributed by atoms with Crippen LogP contribution in [0.3, 0.4) is 0 Å². The molecule has 0 radical (unpaired) electrons. The predicted octanol–water partition coefficient (Wildman–Crippen LogP) is 2.17. The van der Waals surface area contributed by atoms with Crippen molar-refractivity contribution in [2.45, 2.75) is 25.3 Å². The number of carbonyl (C=O) groups is 1. The van der Waals surface area contributed by atoms with Gasteiger partial charge in [-0.2, -0.15) is 0 Å². The quantitative estimate of drug-likeness (QED) is 0.854. The third-order valence-corrected chi connectivity index (χ3v) is 5.38. The van der Waals surface area contributed by atoms with E-state index in [9.17, 15) is 9.18 Å². The lowest BCUT2D eigenvalue weighted by atomic mass is 9.88. The average molecular weight is 325 g/mol. The first-order chi connectivity index (χ1) is 11.5. The molecule has 0 aliphatic carbocycles. The molecule has 1 saturated heterocycles. The Bertz CT molecular complexity index is 787. The molecule has 2 aliphatic heterocycles. The van der Waals surface area contributed by atoms with Gasteiger partial charge < -0.3 is 9.80 Å². The lowest BCUT2D eigenvalue weighted by molar-refractivity contribution is -0.886. The topological polar surface area (TPSA) is 24.8 Å². The van der Waals surface area contributed by atoms with Crippen LogP contribution in [0.2, 0.25) is 0 Å². The van der Waals surface area contributed by atoms with Crippen molar-refractivity contribution in [3.8, 4) is 0 Å². The largest absolute Gasteiger partial charge is 0.337 e. The first-order valence-electron chi connectivity index (χ1n) is 8.55. The molecule has 2 aromatic rings. The molecule has 1 unspecified atom stereocenters. The van der Waals surface area contributed by atoms with Crippen LogP contribution in [0.25, 0.3) is 0 Å². The molecule has 0 aromatic heterocycles.